The van der Waals surface area contributed by atoms with E-state index in [0.29, 0.717) is 0 Å². The van der Waals surface area contributed by atoms with Crippen molar-refractivity contribution in [3.8, 4) is 0 Å². The van der Waals surface area contributed by atoms with Gasteiger partial charge in [0.1, 0.15) is 0 Å². The molecule has 1 N–H and O–H groups in total. The van der Waals surface area contributed by atoms with Crippen molar-refractivity contribution in [1.29, 1.82) is 5.41 Å². The van der Waals surface area contributed by atoms with Crippen molar-refractivity contribution >= 4 is 10.6 Å². The molecule has 0 atom stereocenters. The molecule has 0 saturated carbocycles. The molecular formula is C2H3NW. The van der Waals surface area contributed by atoms with Crippen molar-refractivity contribution < 1.29 is 19.4 Å². The molecule has 4 heavy (non-hydrogen) atoms. The molecule has 1 nitrogen and oxygen atoms in total. The number of hydrogen-bond acceptors (Lipinski definition) is 1. The Labute approximate surface area is 35.9 Å². The summed E-state index contributed by atoms with van der Waals surface area (Å²) < 4.78 is 1.75. The van der Waals surface area contributed by atoms with Crippen LogP contribution < -0.4 is 0 Å². The Hall–Kier alpha value is 0.228. The molecule has 2 heteroatoms. The van der Waals surface area contributed by atoms with Crippen LogP contribution in [0.2, 0.25) is 0 Å². The van der Waals surface area contributed by atoms with Crippen LogP contribution in [0.1, 0.15) is 0 Å². The molecule has 0 unspecified atom stereocenters. The number of nitrogens with one attached hydrogen (secondary N) is 1. The Morgan fingerprint density at radius 1 is 1.75 bits per heavy atom. The van der Waals surface area contributed by atoms with E-state index in [2.05, 4.69) is 0 Å². The van der Waals surface area contributed by atoms with Gasteiger partial charge in [-0.25, -0.2) is 0 Å². The van der Waals surface area contributed by atoms with Gasteiger partial charge in [-0.05, 0) is 0 Å². The zero-order valence-electron chi connectivity index (χ0n) is 2.06. The van der Waals surface area contributed by atoms with Gasteiger partial charge in [0.15, 0.2) is 0 Å². The standard InChI is InChI=1S/C2H3N.W/c1-2-3;/h1-3H;. The number of rotatable bonds is 1. The molecule has 0 saturated heterocycles. The monoisotopic (exact) mass is 225 g/mol. The molecule has 0 aromatic rings. The fourth-order valence-electron chi connectivity index (χ4n) is 0. The van der Waals surface area contributed by atoms with E-state index in [1.54, 1.807) is 4.40 Å². The Balaban J connectivity index is 2.73. The average Bonchev–Trinajstić information content (AvgIpc) is 1.37. The second-order valence-corrected chi connectivity index (χ2v) is 1.28. The summed E-state index contributed by atoms with van der Waals surface area (Å²) in [6.45, 7) is 0. The van der Waals surface area contributed by atoms with E-state index in [9.17, 15) is 0 Å². The van der Waals surface area contributed by atoms with Gasteiger partial charge in [0.25, 0.3) is 0 Å². The van der Waals surface area contributed by atoms with E-state index in [4.69, 9.17) is 5.41 Å². The Bertz CT molecular complexity index is 27.0. The second kappa shape index (κ2) is 3.23. The first-order chi connectivity index (χ1) is 1.91. The summed E-state index contributed by atoms with van der Waals surface area (Å²) in [5.41, 5.74) is 0. The zero-order chi connectivity index (χ0) is 3.41. The van der Waals surface area contributed by atoms with Crippen molar-refractivity contribution in [2.24, 2.45) is 0 Å². The predicted octanol–water partition coefficient (Wildman–Crippen LogP) is -0.0150. The molecule has 0 radical (unpaired) electrons. The van der Waals surface area contributed by atoms with E-state index in [0.717, 1.165) is 0 Å². The molecule has 0 aliphatic rings. The molecule has 0 rings (SSSR count). The average molecular weight is 225 g/mol. The molecule has 0 bridgehead atoms. The van der Waals surface area contributed by atoms with Crippen LogP contribution in [0.15, 0.2) is 0 Å². The third kappa shape index (κ3) is 2.23. The van der Waals surface area contributed by atoms with Crippen LogP contribution in [0.25, 0.3) is 0 Å². The van der Waals surface area contributed by atoms with Crippen LogP contribution in [0, 0.1) is 5.41 Å². The Kier molecular flexibility index (Phi) is 3.41. The third-order valence-electron chi connectivity index (χ3n) is 0.0680. The van der Waals surface area contributed by atoms with E-state index < -0.39 is 0 Å². The first kappa shape index (κ1) is 4.23. The van der Waals surface area contributed by atoms with Crippen molar-refractivity contribution in [2.45, 2.75) is 0 Å². The van der Waals surface area contributed by atoms with E-state index in [-0.39, 0.29) is 0 Å². The minimum absolute atomic E-state index is 1.29. The summed E-state index contributed by atoms with van der Waals surface area (Å²) >= 11 is 1.34. The molecule has 0 amide bonds. The molecule has 22 valence electrons. The predicted molar refractivity (Wildman–Crippen MR) is 14.8 cm³/mol. The van der Waals surface area contributed by atoms with Gasteiger partial charge in [-0.2, -0.15) is 0 Å². The molecule has 0 aromatic carbocycles. The van der Waals surface area contributed by atoms with Crippen molar-refractivity contribution in [3.63, 3.8) is 0 Å². The fraction of sp³-hybridized carbons (Fsp3) is 0. The molecule has 0 aromatic heterocycles. The van der Waals surface area contributed by atoms with Gasteiger partial charge < -0.3 is 0 Å². The van der Waals surface area contributed by atoms with Crippen molar-refractivity contribution in [3.05, 3.63) is 0 Å². The van der Waals surface area contributed by atoms with Gasteiger partial charge in [-0.3, -0.25) is 0 Å². The van der Waals surface area contributed by atoms with E-state index >= 15 is 0 Å². The van der Waals surface area contributed by atoms with Gasteiger partial charge >= 0.3 is 35.4 Å². The minimum atomic E-state index is 1.29. The van der Waals surface area contributed by atoms with Gasteiger partial charge in [-0.15, -0.1) is 0 Å². The summed E-state index contributed by atoms with van der Waals surface area (Å²) in [7, 11) is 0. The topological polar surface area (TPSA) is 23.9 Å². The van der Waals surface area contributed by atoms with Crippen LogP contribution in [0.3, 0.4) is 0 Å². The van der Waals surface area contributed by atoms with Gasteiger partial charge in [0, 0.05) is 0 Å². The first-order valence-corrected chi connectivity index (χ1v) is 2.55. The van der Waals surface area contributed by atoms with Crippen LogP contribution in [-0.2, 0) is 19.4 Å². The van der Waals surface area contributed by atoms with Crippen molar-refractivity contribution in [1.82, 2.24) is 0 Å². The summed E-state index contributed by atoms with van der Waals surface area (Å²) in [6.07, 6.45) is 1.29. The second-order valence-electron chi connectivity index (χ2n) is 0.303. The quantitative estimate of drug-likeness (QED) is 0.606. The fourth-order valence-corrected chi connectivity index (χ4v) is 0. The molecule has 0 fully saturated rings. The van der Waals surface area contributed by atoms with Crippen LogP contribution in [0.5, 0.6) is 0 Å². The van der Waals surface area contributed by atoms with Crippen LogP contribution in [0.4, 0.5) is 0 Å². The van der Waals surface area contributed by atoms with Gasteiger partial charge in [-0.1, -0.05) is 0 Å². The van der Waals surface area contributed by atoms with Gasteiger partial charge in [0.2, 0.25) is 0 Å². The molecular weight excluding hydrogens is 222 g/mol. The first-order valence-electron chi connectivity index (χ1n) is 0.858. The van der Waals surface area contributed by atoms with E-state index in [1.807, 2.05) is 0 Å². The summed E-state index contributed by atoms with van der Waals surface area (Å²) in [4.78, 5) is 0. The molecule has 0 aliphatic heterocycles. The van der Waals surface area contributed by atoms with Gasteiger partial charge in [0.05, 0.1) is 0 Å². The SMILES string of the molecule is N=C[CH]=[W]. The van der Waals surface area contributed by atoms with Crippen LogP contribution >= 0.6 is 0 Å². The summed E-state index contributed by atoms with van der Waals surface area (Å²) in [5.74, 6) is 0. The molecule has 0 aliphatic carbocycles. The van der Waals surface area contributed by atoms with Crippen LogP contribution in [-0.4, -0.2) is 10.6 Å². The maximum atomic E-state index is 6.29. The Morgan fingerprint density at radius 2 is 2.00 bits per heavy atom. The molecule has 0 heterocycles. The number of hydrogen-bond donors (Lipinski definition) is 1. The van der Waals surface area contributed by atoms with Crippen molar-refractivity contribution in [2.75, 3.05) is 0 Å². The third-order valence-corrected chi connectivity index (χ3v) is 0.557. The normalized spacial score (nSPS) is 5.00. The zero-order valence-corrected chi connectivity index (χ0v) is 5.00. The van der Waals surface area contributed by atoms with E-state index in [1.165, 1.54) is 25.6 Å². The maximum absolute atomic E-state index is 6.29. The summed E-state index contributed by atoms with van der Waals surface area (Å²) in [5, 5.41) is 6.29. The summed E-state index contributed by atoms with van der Waals surface area (Å²) in [6, 6.07) is 0. The Morgan fingerprint density at radius 3 is 2.00 bits per heavy atom. The molecule has 0 spiro atoms.